The predicted molar refractivity (Wildman–Crippen MR) is 149 cm³/mol. The molecule has 0 saturated heterocycles. The maximum Gasteiger partial charge on any atom is 0.238 e. The third-order valence-electron chi connectivity index (χ3n) is 7.90. The molecule has 0 unspecified atom stereocenters. The molecule has 1 amide bonds. The van der Waals surface area contributed by atoms with Gasteiger partial charge >= 0.3 is 0 Å². The molecule has 2 bridgehead atoms. The number of methoxy groups -OCH3 is 2. The first-order valence-electron chi connectivity index (χ1n) is 13.2. The molecule has 0 spiro atoms. The molecule has 0 fully saturated rings. The molecule has 8 nitrogen and oxygen atoms in total. The number of hydrogen-bond acceptors (Lipinski definition) is 6. The smallest absolute Gasteiger partial charge is 0.238 e. The van der Waals surface area contributed by atoms with Crippen LogP contribution in [0.1, 0.15) is 55.3 Å². The second kappa shape index (κ2) is 11.0. The van der Waals surface area contributed by atoms with Crippen LogP contribution in [0, 0.1) is 0 Å². The van der Waals surface area contributed by atoms with Gasteiger partial charge in [-0.3, -0.25) is 10.2 Å². The zero-order valence-electron chi connectivity index (χ0n) is 22.1. The average Bonchev–Trinajstić information content (AvgIpc) is 3.37. The van der Waals surface area contributed by atoms with E-state index in [0.717, 1.165) is 60.3 Å². The number of amides is 1. The Morgan fingerprint density at radius 3 is 2.73 bits per heavy atom. The fourth-order valence-electron chi connectivity index (χ4n) is 5.97. The van der Waals surface area contributed by atoms with Crippen LogP contribution in [0.25, 0.3) is 10.9 Å². The quantitative estimate of drug-likeness (QED) is 0.372. The largest absolute Gasteiger partial charge is 0.385 e. The van der Waals surface area contributed by atoms with Crippen molar-refractivity contribution in [3.63, 3.8) is 0 Å². The summed E-state index contributed by atoms with van der Waals surface area (Å²) in [5.74, 6) is 0.122. The lowest BCUT2D eigenvalue weighted by molar-refractivity contribution is -0.124. The number of aromatic nitrogens is 1. The molecule has 8 heteroatoms. The second-order valence-corrected chi connectivity index (χ2v) is 10.0. The zero-order chi connectivity index (χ0) is 25.8. The van der Waals surface area contributed by atoms with E-state index in [1.54, 1.807) is 21.3 Å². The van der Waals surface area contributed by atoms with E-state index in [1.807, 2.05) is 17.3 Å². The summed E-state index contributed by atoms with van der Waals surface area (Å²) in [5, 5.41) is 5.79. The summed E-state index contributed by atoms with van der Waals surface area (Å²) in [7, 11) is 5.15. The van der Waals surface area contributed by atoms with Crippen molar-refractivity contribution >= 4 is 34.4 Å². The van der Waals surface area contributed by atoms with E-state index < -0.39 is 5.41 Å². The van der Waals surface area contributed by atoms with Gasteiger partial charge in [-0.15, -0.1) is 0 Å². The molecule has 1 aromatic heterocycles. The molecule has 0 atom stereocenters. The van der Waals surface area contributed by atoms with E-state index in [4.69, 9.17) is 9.47 Å². The van der Waals surface area contributed by atoms with Crippen LogP contribution in [0.3, 0.4) is 0 Å². The molecule has 37 heavy (non-hydrogen) atoms. The Bertz CT molecular complexity index is 1280. The molecule has 2 aromatic rings. The number of anilines is 1. The summed E-state index contributed by atoms with van der Waals surface area (Å²) in [5.41, 5.74) is 10.4. The number of fused-ring (bicyclic) bond motifs is 7. The maximum atomic E-state index is 14.2. The van der Waals surface area contributed by atoms with Crippen molar-refractivity contribution < 1.29 is 14.3 Å². The lowest BCUT2D eigenvalue weighted by atomic mass is 9.76. The minimum absolute atomic E-state index is 0.122. The van der Waals surface area contributed by atoms with Crippen molar-refractivity contribution in [2.45, 2.75) is 50.4 Å². The van der Waals surface area contributed by atoms with Crippen LogP contribution >= 0.6 is 0 Å². The molecule has 0 saturated carbocycles. The molecule has 5 rings (SSSR count). The summed E-state index contributed by atoms with van der Waals surface area (Å²) >= 11 is 0. The van der Waals surface area contributed by atoms with Gasteiger partial charge in [0.2, 0.25) is 5.91 Å². The number of H-pyrrole nitrogens is 1. The number of aryl methyl sites for hydroxylation is 1. The molecule has 1 aromatic carbocycles. The molecule has 3 aliphatic rings. The Balaban J connectivity index is 1.64. The van der Waals surface area contributed by atoms with Crippen LogP contribution in [0.5, 0.6) is 0 Å². The average molecular weight is 504 g/mol. The van der Waals surface area contributed by atoms with Crippen molar-refractivity contribution in [1.29, 1.82) is 0 Å². The lowest BCUT2D eigenvalue weighted by Gasteiger charge is -2.28. The van der Waals surface area contributed by atoms with Gasteiger partial charge in [0.15, 0.2) is 0 Å². The number of benzene rings is 1. The number of carbonyl (C=O) groups is 1. The first-order valence-corrected chi connectivity index (χ1v) is 13.2. The summed E-state index contributed by atoms with van der Waals surface area (Å²) in [4.78, 5) is 23.8. The van der Waals surface area contributed by atoms with Gasteiger partial charge in [0.1, 0.15) is 0 Å². The van der Waals surface area contributed by atoms with E-state index in [-0.39, 0.29) is 5.91 Å². The molecule has 196 valence electrons. The minimum atomic E-state index is -0.687. The first kappa shape index (κ1) is 25.4. The van der Waals surface area contributed by atoms with Gasteiger partial charge in [-0.1, -0.05) is 12.2 Å². The van der Waals surface area contributed by atoms with Gasteiger partial charge < -0.3 is 24.4 Å². The normalized spacial score (nSPS) is 18.6. The van der Waals surface area contributed by atoms with Gasteiger partial charge in [-0.2, -0.15) is 5.10 Å². The summed E-state index contributed by atoms with van der Waals surface area (Å²) in [6, 6.07) is 4.44. The number of nitrogens with zero attached hydrogens (tertiary/aromatic N) is 3. The van der Waals surface area contributed by atoms with Gasteiger partial charge in [0.25, 0.3) is 0 Å². The third-order valence-corrected chi connectivity index (χ3v) is 7.90. The van der Waals surface area contributed by atoms with E-state index in [0.29, 0.717) is 32.6 Å². The molecule has 2 aliphatic heterocycles. The van der Waals surface area contributed by atoms with Gasteiger partial charge in [-0.25, -0.2) is 0 Å². The molecule has 2 N–H and O–H groups in total. The van der Waals surface area contributed by atoms with Gasteiger partial charge in [-0.05, 0) is 60.9 Å². The Morgan fingerprint density at radius 2 is 1.97 bits per heavy atom. The number of aliphatic imine (C=N–C) groups is 1. The van der Waals surface area contributed by atoms with E-state index >= 15 is 0 Å². The highest BCUT2D eigenvalue weighted by Gasteiger charge is 2.50. The van der Waals surface area contributed by atoms with Crippen molar-refractivity contribution in [2.24, 2.45) is 10.1 Å². The van der Waals surface area contributed by atoms with Crippen molar-refractivity contribution in [1.82, 2.24) is 10.4 Å². The SMILES string of the molecule is CN=CC/C=C\CN1C(=O)C(CCOC)(CCOC)c2cc3[nH]c4c(c3cc21)CCCC1=CNN=C4C1. The molecule has 1 aliphatic carbocycles. The Kier molecular flexibility index (Phi) is 7.58. The Labute approximate surface area is 218 Å². The van der Waals surface area contributed by atoms with Gasteiger partial charge in [0.05, 0.1) is 16.8 Å². The van der Waals surface area contributed by atoms with Crippen LogP contribution in [-0.2, 0) is 26.1 Å². The fraction of sp³-hybridized carbons (Fsp3) is 0.483. The summed E-state index contributed by atoms with van der Waals surface area (Å²) < 4.78 is 11.0. The van der Waals surface area contributed by atoms with Crippen LogP contribution in [0.15, 0.2) is 46.2 Å². The highest BCUT2D eigenvalue weighted by Crippen LogP contribution is 2.49. The Hall–Kier alpha value is -3.23. The topological polar surface area (TPSA) is 91.3 Å². The third kappa shape index (κ3) is 4.64. The van der Waals surface area contributed by atoms with E-state index in [1.165, 1.54) is 16.5 Å². The van der Waals surface area contributed by atoms with Crippen LogP contribution in [0.2, 0.25) is 0 Å². The number of nitrogens with one attached hydrogen (secondary N) is 2. The van der Waals surface area contributed by atoms with E-state index in [2.05, 4.69) is 44.8 Å². The monoisotopic (exact) mass is 503 g/mol. The highest BCUT2D eigenvalue weighted by molar-refractivity contribution is 6.12. The molecular formula is C29H37N5O3. The summed E-state index contributed by atoms with van der Waals surface area (Å²) in [6.45, 7) is 1.53. The number of carbonyl (C=O) groups excluding carboxylic acids is 1. The van der Waals surface area contributed by atoms with Crippen molar-refractivity contribution in [3.05, 3.63) is 52.9 Å². The molecule has 0 radical (unpaired) electrons. The van der Waals surface area contributed by atoms with Crippen LogP contribution in [-0.4, -0.2) is 63.8 Å². The first-order chi connectivity index (χ1) is 18.1. The Morgan fingerprint density at radius 1 is 1.16 bits per heavy atom. The van der Waals surface area contributed by atoms with Crippen molar-refractivity contribution in [3.8, 4) is 0 Å². The van der Waals surface area contributed by atoms with Crippen LogP contribution < -0.4 is 10.3 Å². The fourth-order valence-corrected chi connectivity index (χ4v) is 5.97. The summed E-state index contributed by atoms with van der Waals surface area (Å²) in [6.07, 6.45) is 14.0. The number of allylic oxidation sites excluding steroid dienone is 2. The van der Waals surface area contributed by atoms with Crippen LogP contribution in [0.4, 0.5) is 5.69 Å². The predicted octanol–water partition coefficient (Wildman–Crippen LogP) is 4.39. The number of ether oxygens (including phenoxy) is 2. The number of hydrogen-bond donors (Lipinski definition) is 2. The van der Waals surface area contributed by atoms with Gasteiger partial charge in [0, 0.05) is 82.9 Å². The zero-order valence-corrected chi connectivity index (χ0v) is 22.1. The second-order valence-electron chi connectivity index (χ2n) is 10.0. The lowest BCUT2D eigenvalue weighted by Crippen LogP contribution is -2.42. The van der Waals surface area contributed by atoms with E-state index in [9.17, 15) is 4.79 Å². The highest BCUT2D eigenvalue weighted by atomic mass is 16.5. The minimum Gasteiger partial charge on any atom is -0.385 e. The number of rotatable bonds is 10. The van der Waals surface area contributed by atoms with Crippen molar-refractivity contribution in [2.75, 3.05) is 45.9 Å². The molecule has 3 heterocycles. The maximum absolute atomic E-state index is 14.2. The number of aromatic amines is 1. The standard InChI is InChI=1S/C29H37N5O3/c1-30-12-5-4-6-13-34-26-17-22-21-9-7-8-20-16-25(33-31-19-20)27(21)32-24(22)18-23(26)29(28(34)35,10-14-36-2)11-15-37-3/h4,6,12,17-19,31-32H,5,7-11,13-16H2,1-3H3/b6-4-,30-12?. The molecular weight excluding hydrogens is 466 g/mol. The number of hydrazone groups is 1.